The fourth-order valence-corrected chi connectivity index (χ4v) is 2.80. The quantitative estimate of drug-likeness (QED) is 0.693. The molecule has 1 rings (SSSR count). The summed E-state index contributed by atoms with van der Waals surface area (Å²) in [5.74, 6) is 0.606. The fraction of sp³-hybridized carbons (Fsp3) is 1.00. The smallest absolute Gasteiger partial charge is 0.187 e. The van der Waals surface area contributed by atoms with E-state index in [0.717, 1.165) is 12.8 Å². The lowest BCUT2D eigenvalue weighted by Gasteiger charge is -2.30. The minimum absolute atomic E-state index is 0. The molecule has 1 saturated carbocycles. The Morgan fingerprint density at radius 1 is 1.20 bits per heavy atom. The van der Waals surface area contributed by atoms with E-state index in [9.17, 15) is 5.11 Å². The van der Waals surface area contributed by atoms with E-state index in [1.54, 1.807) is 0 Å². The van der Waals surface area contributed by atoms with Crippen molar-refractivity contribution in [3.8, 4) is 0 Å². The maximum atomic E-state index is 10.5. The van der Waals surface area contributed by atoms with E-state index in [4.69, 9.17) is 0 Å². The van der Waals surface area contributed by atoms with Gasteiger partial charge >= 0.3 is 0 Å². The Bertz CT molecular complexity index is 161. The molecule has 0 saturated heterocycles. The van der Waals surface area contributed by atoms with Gasteiger partial charge in [-0.05, 0) is 31.6 Å². The average molecular weight is 228 g/mol. The zero-order chi connectivity index (χ0) is 10.4. The van der Waals surface area contributed by atoms with Gasteiger partial charge in [-0.15, -0.1) is 0 Å². The normalized spacial score (nSPS) is 30.2. The second kappa shape index (κ2) is 7.71. The van der Waals surface area contributed by atoms with E-state index >= 15 is 0 Å². The van der Waals surface area contributed by atoms with Crippen molar-refractivity contribution < 1.29 is 5.11 Å². The fourth-order valence-electron chi connectivity index (χ4n) is 2.80. The Labute approximate surface area is 106 Å². The van der Waals surface area contributed by atoms with Crippen molar-refractivity contribution in [1.29, 1.82) is 0 Å². The van der Waals surface area contributed by atoms with Crippen molar-refractivity contribution in [3.63, 3.8) is 0 Å². The molecular formula is C13H29AlO. The van der Waals surface area contributed by atoms with Crippen LogP contribution in [0.25, 0.3) is 0 Å². The molecule has 2 heteroatoms. The van der Waals surface area contributed by atoms with Gasteiger partial charge in [0.15, 0.2) is 17.4 Å². The molecule has 2 atom stereocenters. The van der Waals surface area contributed by atoms with Crippen LogP contribution < -0.4 is 0 Å². The van der Waals surface area contributed by atoms with E-state index in [2.05, 4.69) is 13.8 Å². The zero-order valence-electron chi connectivity index (χ0n) is 9.89. The number of aliphatic hydroxyl groups is 1. The van der Waals surface area contributed by atoms with E-state index in [0.29, 0.717) is 5.92 Å². The van der Waals surface area contributed by atoms with Gasteiger partial charge in [0.2, 0.25) is 0 Å². The second-order valence-corrected chi connectivity index (χ2v) is 4.94. The van der Waals surface area contributed by atoms with Crippen molar-refractivity contribution in [3.05, 3.63) is 0 Å². The number of unbranched alkanes of at least 4 members (excludes halogenated alkanes) is 2. The third-order valence-electron chi connectivity index (χ3n) is 3.79. The van der Waals surface area contributed by atoms with Crippen molar-refractivity contribution >= 4 is 17.4 Å². The van der Waals surface area contributed by atoms with E-state index in [-0.39, 0.29) is 23.0 Å². The minimum Gasteiger partial charge on any atom is -0.390 e. The largest absolute Gasteiger partial charge is 0.390 e. The van der Waals surface area contributed by atoms with Crippen molar-refractivity contribution in [2.45, 2.75) is 77.2 Å². The molecule has 0 aromatic rings. The topological polar surface area (TPSA) is 20.2 Å². The first-order valence-electron chi connectivity index (χ1n) is 6.45. The van der Waals surface area contributed by atoms with Crippen molar-refractivity contribution in [2.24, 2.45) is 5.92 Å². The van der Waals surface area contributed by atoms with Crippen LogP contribution in [0.15, 0.2) is 0 Å². The summed E-state index contributed by atoms with van der Waals surface area (Å²) in [4.78, 5) is 0. The molecule has 0 spiro atoms. The summed E-state index contributed by atoms with van der Waals surface area (Å²) in [6.07, 6.45) is 10.8. The molecule has 1 fully saturated rings. The Hall–Kier alpha value is 0.492. The van der Waals surface area contributed by atoms with Crippen LogP contribution >= 0.6 is 0 Å². The summed E-state index contributed by atoms with van der Waals surface area (Å²) in [5, 5.41) is 10.5. The Kier molecular flexibility index (Phi) is 7.97. The van der Waals surface area contributed by atoms with E-state index < -0.39 is 0 Å². The number of hydrogen-bond acceptors (Lipinski definition) is 1. The van der Waals surface area contributed by atoms with E-state index in [1.807, 2.05) is 0 Å². The highest BCUT2D eigenvalue weighted by atomic mass is 27.0. The summed E-state index contributed by atoms with van der Waals surface area (Å²) in [6, 6.07) is 0. The first-order valence-corrected chi connectivity index (χ1v) is 6.45. The van der Waals surface area contributed by atoms with Crippen LogP contribution in [0.3, 0.4) is 0 Å². The molecule has 1 nitrogen and oxygen atoms in total. The average Bonchev–Trinajstić information content (AvgIpc) is 2.54. The molecule has 0 aliphatic heterocycles. The zero-order valence-corrected chi connectivity index (χ0v) is 9.89. The second-order valence-electron chi connectivity index (χ2n) is 4.94. The number of hydrogen-bond donors (Lipinski definition) is 1. The maximum absolute atomic E-state index is 10.5. The summed E-state index contributed by atoms with van der Waals surface area (Å²) in [6.45, 7) is 4.44. The molecule has 1 N–H and O–H groups in total. The van der Waals surface area contributed by atoms with Gasteiger partial charge in [0, 0.05) is 0 Å². The third kappa shape index (κ3) is 4.47. The van der Waals surface area contributed by atoms with Gasteiger partial charge in [-0.2, -0.15) is 0 Å². The maximum Gasteiger partial charge on any atom is 0.187 e. The molecule has 0 aromatic heterocycles. The van der Waals surface area contributed by atoms with Gasteiger partial charge in [0.1, 0.15) is 0 Å². The number of rotatable bonds is 6. The lowest BCUT2D eigenvalue weighted by atomic mass is 9.83. The highest BCUT2D eigenvalue weighted by molar-refractivity contribution is 5.75. The van der Waals surface area contributed by atoms with Crippen LogP contribution in [0.5, 0.6) is 0 Å². The predicted molar refractivity (Wildman–Crippen MR) is 71.3 cm³/mol. The summed E-state index contributed by atoms with van der Waals surface area (Å²) in [5.41, 5.74) is -0.287. The molecule has 0 heterocycles. The molecule has 15 heavy (non-hydrogen) atoms. The molecular weight excluding hydrogens is 199 g/mol. The predicted octanol–water partition coefficient (Wildman–Crippen LogP) is 2.71. The molecule has 0 bridgehead atoms. The summed E-state index contributed by atoms with van der Waals surface area (Å²) < 4.78 is 0. The van der Waals surface area contributed by atoms with Crippen molar-refractivity contribution in [1.82, 2.24) is 0 Å². The van der Waals surface area contributed by atoms with Gasteiger partial charge < -0.3 is 5.11 Å². The van der Waals surface area contributed by atoms with Crippen LogP contribution in [0, 0.1) is 5.92 Å². The Balaban J connectivity index is 0.00000196. The summed E-state index contributed by atoms with van der Waals surface area (Å²) in [7, 11) is 0. The highest BCUT2D eigenvalue weighted by Gasteiger charge is 2.39. The van der Waals surface area contributed by atoms with Crippen LogP contribution in [-0.2, 0) is 0 Å². The Morgan fingerprint density at radius 3 is 2.47 bits per heavy atom. The third-order valence-corrected chi connectivity index (χ3v) is 3.79. The molecule has 0 amide bonds. The monoisotopic (exact) mass is 228 g/mol. The molecule has 2 unspecified atom stereocenters. The van der Waals surface area contributed by atoms with E-state index in [1.165, 1.54) is 44.9 Å². The molecule has 1 aliphatic rings. The van der Waals surface area contributed by atoms with Crippen LogP contribution in [0.1, 0.15) is 71.6 Å². The van der Waals surface area contributed by atoms with Gasteiger partial charge in [-0.1, -0.05) is 46.0 Å². The molecule has 0 radical (unpaired) electrons. The highest BCUT2D eigenvalue weighted by Crippen LogP contribution is 2.41. The standard InChI is InChI=1S/C13H26O.Al.3H/c1-3-5-8-12-9-7-11-13(12,14)10-6-4-2;;;;/h12,14H,3-11H2,1-2H3;;;;. The minimum atomic E-state index is -0.287. The van der Waals surface area contributed by atoms with Gasteiger partial charge in [-0.25, -0.2) is 0 Å². The molecule has 90 valence electrons. The Morgan fingerprint density at radius 2 is 1.87 bits per heavy atom. The van der Waals surface area contributed by atoms with Crippen LogP contribution in [-0.4, -0.2) is 28.1 Å². The molecule has 1 aliphatic carbocycles. The van der Waals surface area contributed by atoms with Crippen LogP contribution in [0.2, 0.25) is 0 Å². The lowest BCUT2D eigenvalue weighted by molar-refractivity contribution is -0.0110. The first kappa shape index (κ1) is 15.5. The lowest BCUT2D eigenvalue weighted by Crippen LogP contribution is -2.32. The molecule has 0 aromatic carbocycles. The SMILES string of the molecule is CCCCC1CCCC1(O)CCCC.[AlH3]. The van der Waals surface area contributed by atoms with Crippen LogP contribution in [0.4, 0.5) is 0 Å². The van der Waals surface area contributed by atoms with Gasteiger partial charge in [-0.3, -0.25) is 0 Å². The van der Waals surface area contributed by atoms with Gasteiger partial charge in [0.25, 0.3) is 0 Å². The first-order chi connectivity index (χ1) is 6.73. The summed E-state index contributed by atoms with van der Waals surface area (Å²) >= 11 is 0. The van der Waals surface area contributed by atoms with Crippen molar-refractivity contribution in [2.75, 3.05) is 0 Å². The van der Waals surface area contributed by atoms with Gasteiger partial charge in [0.05, 0.1) is 5.60 Å².